The first-order valence-corrected chi connectivity index (χ1v) is 14.0. The average molecular weight is 632 g/mol. The second kappa shape index (κ2) is 12.8. The van der Waals surface area contributed by atoms with Gasteiger partial charge in [-0.2, -0.15) is 31.3 Å². The molecular formula is C28H27F6N3O5S. The van der Waals surface area contributed by atoms with Crippen LogP contribution in [0, 0.1) is 0 Å². The minimum atomic E-state index is -5.01. The molecule has 3 heterocycles. The number of rotatable bonds is 7. The first-order valence-electron chi connectivity index (χ1n) is 13.2. The normalized spacial score (nSPS) is 19.8. The van der Waals surface area contributed by atoms with Crippen LogP contribution in [0.1, 0.15) is 22.3 Å². The number of alkyl halides is 6. The van der Waals surface area contributed by atoms with Crippen molar-refractivity contribution in [3.8, 4) is 11.5 Å². The lowest BCUT2D eigenvalue weighted by atomic mass is 10.0. The van der Waals surface area contributed by atoms with E-state index >= 15 is 0 Å². The summed E-state index contributed by atoms with van der Waals surface area (Å²) in [5.41, 5.74) is -2.75. The van der Waals surface area contributed by atoms with Crippen LogP contribution in [0.25, 0.3) is 6.08 Å². The van der Waals surface area contributed by atoms with Crippen molar-refractivity contribution >= 4 is 28.9 Å². The van der Waals surface area contributed by atoms with Crippen LogP contribution in [0.3, 0.4) is 0 Å². The Labute approximate surface area is 247 Å². The van der Waals surface area contributed by atoms with Crippen LogP contribution in [-0.2, 0) is 33.2 Å². The van der Waals surface area contributed by atoms with E-state index in [2.05, 4.69) is 9.89 Å². The lowest BCUT2D eigenvalue weighted by Gasteiger charge is -2.35. The smallest absolute Gasteiger partial charge is 0.416 e. The van der Waals surface area contributed by atoms with Gasteiger partial charge in [0.25, 0.3) is 5.91 Å². The lowest BCUT2D eigenvalue weighted by molar-refractivity contribution is -0.143. The number of methoxy groups -OCH3 is 1. The molecule has 2 fully saturated rings. The molecule has 8 nitrogen and oxygen atoms in total. The van der Waals surface area contributed by atoms with Gasteiger partial charge in [0.15, 0.2) is 23.0 Å². The molecule has 0 atom stereocenters. The van der Waals surface area contributed by atoms with Gasteiger partial charge in [-0.15, -0.1) is 0 Å². The molecule has 1 amide bonds. The first-order chi connectivity index (χ1) is 20.4. The van der Waals surface area contributed by atoms with E-state index in [0.29, 0.717) is 54.6 Å². The Morgan fingerprint density at radius 3 is 2.35 bits per heavy atom. The minimum absolute atomic E-state index is 0.0676. The fraction of sp³-hybridized carbons (Fsp3) is 0.429. The zero-order valence-corrected chi connectivity index (χ0v) is 23.7. The number of carbonyl (C=O) groups is 1. The zero-order chi connectivity index (χ0) is 30.8. The first kappa shape index (κ1) is 31.2. The number of hydrogen-bond acceptors (Lipinski definition) is 8. The van der Waals surface area contributed by atoms with Crippen molar-refractivity contribution in [3.63, 3.8) is 0 Å². The molecule has 0 spiro atoms. The molecule has 3 aliphatic heterocycles. The molecule has 2 aromatic carbocycles. The van der Waals surface area contributed by atoms with Crippen molar-refractivity contribution in [2.45, 2.75) is 25.2 Å². The van der Waals surface area contributed by atoms with E-state index in [1.54, 1.807) is 12.1 Å². The maximum absolute atomic E-state index is 13.5. The third kappa shape index (κ3) is 7.63. The van der Waals surface area contributed by atoms with Gasteiger partial charge in [0.2, 0.25) is 0 Å². The second-order valence-electron chi connectivity index (χ2n) is 9.84. The van der Waals surface area contributed by atoms with Gasteiger partial charge in [0, 0.05) is 38.3 Å². The number of thioether (sulfide) groups is 1. The number of ether oxygens (including phenoxy) is 4. The summed E-state index contributed by atoms with van der Waals surface area (Å²) >= 11 is 1.25. The second-order valence-corrected chi connectivity index (χ2v) is 10.8. The number of aliphatic imine (C=N–C) groups is 1. The summed E-state index contributed by atoms with van der Waals surface area (Å²) in [6.45, 7) is 4.15. The number of benzene rings is 2. The number of amides is 1. The zero-order valence-electron chi connectivity index (χ0n) is 22.8. The number of amidine groups is 1. The molecule has 3 aliphatic rings. The summed E-state index contributed by atoms with van der Waals surface area (Å²) in [7, 11) is 1.33. The van der Waals surface area contributed by atoms with Gasteiger partial charge < -0.3 is 23.8 Å². The summed E-state index contributed by atoms with van der Waals surface area (Å²) in [5, 5.41) is 0.605. The minimum Gasteiger partial charge on any atom is -0.493 e. The molecule has 2 aromatic rings. The number of carbonyl (C=O) groups excluding carboxylic acids is 1. The quantitative estimate of drug-likeness (QED) is 0.303. The lowest BCUT2D eigenvalue weighted by Crippen LogP contribution is -2.49. The highest BCUT2D eigenvalue weighted by Gasteiger charge is 2.38. The van der Waals surface area contributed by atoms with Gasteiger partial charge in [0.05, 0.1) is 36.4 Å². The van der Waals surface area contributed by atoms with Crippen molar-refractivity contribution < 1.29 is 50.1 Å². The summed E-state index contributed by atoms with van der Waals surface area (Å²) in [6, 6.07) is 5.96. The maximum atomic E-state index is 13.5. The van der Waals surface area contributed by atoms with Crippen LogP contribution in [-0.4, -0.2) is 80.2 Å². The molecular weight excluding hydrogens is 604 g/mol. The van der Waals surface area contributed by atoms with Crippen molar-refractivity contribution in [1.82, 2.24) is 9.80 Å². The van der Waals surface area contributed by atoms with Crippen LogP contribution in [0.4, 0.5) is 26.3 Å². The molecule has 5 rings (SSSR count). The third-order valence-electron chi connectivity index (χ3n) is 6.96. The molecule has 15 heteroatoms. The number of piperazine rings is 1. The highest BCUT2D eigenvalue weighted by atomic mass is 32.2. The van der Waals surface area contributed by atoms with Gasteiger partial charge in [0.1, 0.15) is 6.61 Å². The van der Waals surface area contributed by atoms with Crippen LogP contribution in [0.15, 0.2) is 46.3 Å². The average Bonchev–Trinajstić information content (AvgIpc) is 3.61. The highest BCUT2D eigenvalue weighted by Crippen LogP contribution is 2.39. The van der Waals surface area contributed by atoms with Crippen molar-refractivity contribution in [2.75, 3.05) is 53.0 Å². The summed E-state index contributed by atoms with van der Waals surface area (Å²) in [4.78, 5) is 21.5. The Balaban J connectivity index is 1.22. The van der Waals surface area contributed by atoms with Crippen molar-refractivity contribution in [2.24, 2.45) is 4.99 Å². The van der Waals surface area contributed by atoms with E-state index in [1.807, 2.05) is 4.90 Å². The molecule has 0 saturated carbocycles. The molecule has 0 radical (unpaired) electrons. The highest BCUT2D eigenvalue weighted by molar-refractivity contribution is 8.18. The molecule has 0 aromatic heterocycles. The van der Waals surface area contributed by atoms with E-state index in [4.69, 9.17) is 18.9 Å². The molecule has 232 valence electrons. The topological polar surface area (TPSA) is 72.8 Å². The van der Waals surface area contributed by atoms with Crippen LogP contribution >= 0.6 is 11.8 Å². The van der Waals surface area contributed by atoms with E-state index in [9.17, 15) is 31.1 Å². The molecule has 0 bridgehead atoms. The predicted octanol–water partition coefficient (Wildman–Crippen LogP) is 5.27. The Hall–Kier alpha value is -3.27. The van der Waals surface area contributed by atoms with Crippen LogP contribution in [0.5, 0.6) is 11.5 Å². The van der Waals surface area contributed by atoms with Gasteiger partial charge in [-0.1, -0.05) is 12.1 Å². The third-order valence-corrected chi connectivity index (χ3v) is 8.01. The molecule has 0 unspecified atom stereocenters. The fourth-order valence-electron chi connectivity index (χ4n) is 4.72. The Kier molecular flexibility index (Phi) is 9.25. The van der Waals surface area contributed by atoms with Gasteiger partial charge >= 0.3 is 12.4 Å². The van der Waals surface area contributed by atoms with Crippen molar-refractivity contribution in [3.05, 3.63) is 63.6 Å². The molecule has 2 saturated heterocycles. The van der Waals surface area contributed by atoms with Gasteiger partial charge in [-0.3, -0.25) is 9.69 Å². The molecule has 0 aliphatic carbocycles. The summed E-state index contributed by atoms with van der Waals surface area (Å²) in [5.74, 6) is -0.152. The molecule has 0 N–H and O–H groups in total. The monoisotopic (exact) mass is 631 g/mol. The predicted molar refractivity (Wildman–Crippen MR) is 145 cm³/mol. The summed E-state index contributed by atoms with van der Waals surface area (Å²) in [6.07, 6.45) is -8.53. The maximum Gasteiger partial charge on any atom is 0.416 e. The van der Waals surface area contributed by atoms with E-state index < -0.39 is 41.6 Å². The largest absolute Gasteiger partial charge is 0.493 e. The standard InChI is InChI=1S/C28H27F6N3O5S/c1-39-22-12-17(2-5-21(22)42-16-18-3-4-19(27(29,30)31)14-20(18)28(32,33)34)13-23-25(38)35-26(43-23)37-8-6-36(7-9-37)15-24-40-10-11-41-24/h2-5,12-14,24H,6-11,15-16H2,1H3. The van der Waals surface area contributed by atoms with E-state index in [-0.39, 0.29) is 23.9 Å². The summed E-state index contributed by atoms with van der Waals surface area (Å²) < 4.78 is 101. The number of hydrogen-bond donors (Lipinski definition) is 0. The van der Waals surface area contributed by atoms with Gasteiger partial charge in [-0.25, -0.2) is 0 Å². The molecule has 43 heavy (non-hydrogen) atoms. The SMILES string of the molecule is COc1cc(C=C2SC(N3CCN(CC4OCCO4)CC3)=NC2=O)ccc1OCc1ccc(C(F)(F)F)cc1C(F)(F)F. The Bertz CT molecular complexity index is 1400. The number of nitrogens with zero attached hydrogens (tertiary/aromatic N) is 3. The Morgan fingerprint density at radius 1 is 0.977 bits per heavy atom. The van der Waals surface area contributed by atoms with Crippen LogP contribution in [0.2, 0.25) is 0 Å². The fourth-order valence-corrected chi connectivity index (χ4v) is 5.69. The Morgan fingerprint density at radius 2 is 1.70 bits per heavy atom. The van der Waals surface area contributed by atoms with Gasteiger partial charge in [-0.05, 0) is 47.7 Å². The van der Waals surface area contributed by atoms with E-state index in [1.165, 1.54) is 31.0 Å². The van der Waals surface area contributed by atoms with Crippen molar-refractivity contribution in [1.29, 1.82) is 0 Å². The van der Waals surface area contributed by atoms with Crippen LogP contribution < -0.4 is 9.47 Å². The number of halogens is 6. The van der Waals surface area contributed by atoms with E-state index in [0.717, 1.165) is 19.2 Å².